The van der Waals surface area contributed by atoms with Crippen molar-refractivity contribution in [2.75, 3.05) is 13.1 Å². The van der Waals surface area contributed by atoms with Gasteiger partial charge in [0.2, 0.25) is 17.7 Å². The van der Waals surface area contributed by atoms with Crippen LogP contribution in [0.25, 0.3) is 10.4 Å². The van der Waals surface area contributed by atoms with Crippen molar-refractivity contribution in [1.29, 1.82) is 0 Å². The van der Waals surface area contributed by atoms with Crippen LogP contribution in [-0.4, -0.2) is 64.0 Å². The molecule has 1 saturated heterocycles. The third-order valence-electron chi connectivity index (χ3n) is 6.92. The predicted octanol–water partition coefficient (Wildman–Crippen LogP) is 2.92. The van der Waals surface area contributed by atoms with Crippen molar-refractivity contribution in [3.63, 3.8) is 0 Å². The van der Waals surface area contributed by atoms with Gasteiger partial charge in [0.25, 0.3) is 0 Å². The van der Waals surface area contributed by atoms with Crippen molar-refractivity contribution in [3.05, 3.63) is 41.0 Å². The number of rotatable bonds is 10. The maximum atomic E-state index is 13.6. The molecular formula is C28H41N5O4S. The molecule has 1 aromatic carbocycles. The van der Waals surface area contributed by atoms with Gasteiger partial charge >= 0.3 is 0 Å². The molecule has 0 aliphatic carbocycles. The van der Waals surface area contributed by atoms with Gasteiger partial charge in [-0.25, -0.2) is 4.98 Å². The number of carbonyl (C=O) groups is 3. The molecule has 9 nitrogen and oxygen atoms in total. The number of benzene rings is 1. The smallest absolute Gasteiger partial charge is 0.246 e. The standard InChI is InChI=1S/C28H41N5O4S/c1-17(19-9-11-20(12-10-19)24-18(2)30-16-38-24)31-26(36)22-14-21(34)15-33(22)27(37)25(28(3,4)5)32-23(35)8-6-7-13-29/h9-12,16-17,21-22,25,34H,6-8,13-15,29H2,1-5H3,(H,31,36)(H,32,35)/t17-,21-,22-,25+/m0/s1. The summed E-state index contributed by atoms with van der Waals surface area (Å²) in [6.07, 6.45) is 0.988. The number of aliphatic hydroxyl groups is 1. The Bertz CT molecular complexity index is 1110. The number of carbonyl (C=O) groups excluding carboxylic acids is 3. The highest BCUT2D eigenvalue weighted by atomic mass is 32.1. The number of aliphatic hydroxyl groups excluding tert-OH is 1. The van der Waals surface area contributed by atoms with E-state index in [0.717, 1.165) is 28.1 Å². The Kier molecular flexibility index (Phi) is 10.0. The zero-order chi connectivity index (χ0) is 28.0. The minimum absolute atomic E-state index is 0.0455. The summed E-state index contributed by atoms with van der Waals surface area (Å²) in [4.78, 5) is 46.4. The van der Waals surface area contributed by atoms with Gasteiger partial charge in [-0.2, -0.15) is 0 Å². The first-order chi connectivity index (χ1) is 17.9. The van der Waals surface area contributed by atoms with Gasteiger partial charge in [-0.3, -0.25) is 14.4 Å². The van der Waals surface area contributed by atoms with Crippen molar-refractivity contribution in [2.45, 2.75) is 84.5 Å². The second-order valence-electron chi connectivity index (χ2n) is 11.1. The van der Waals surface area contributed by atoms with Crippen LogP contribution < -0.4 is 16.4 Å². The Balaban J connectivity index is 1.69. The third kappa shape index (κ3) is 7.39. The first-order valence-corrected chi connectivity index (χ1v) is 14.1. The lowest BCUT2D eigenvalue weighted by Crippen LogP contribution is -2.57. The number of hydrogen-bond donors (Lipinski definition) is 4. The summed E-state index contributed by atoms with van der Waals surface area (Å²) >= 11 is 1.59. The molecule has 5 N–H and O–H groups in total. The molecule has 1 aromatic heterocycles. The van der Waals surface area contributed by atoms with Crippen LogP contribution in [0.4, 0.5) is 0 Å². The van der Waals surface area contributed by atoms with Crippen molar-refractivity contribution < 1.29 is 19.5 Å². The van der Waals surface area contributed by atoms with Crippen molar-refractivity contribution >= 4 is 29.1 Å². The number of amides is 3. The summed E-state index contributed by atoms with van der Waals surface area (Å²) < 4.78 is 0. The molecule has 0 bridgehead atoms. The summed E-state index contributed by atoms with van der Waals surface area (Å²) in [5.41, 5.74) is 9.74. The number of unbranched alkanes of at least 4 members (excludes halogenated alkanes) is 1. The van der Waals surface area contributed by atoms with E-state index in [1.165, 1.54) is 4.90 Å². The maximum absolute atomic E-state index is 13.6. The first-order valence-electron chi connectivity index (χ1n) is 13.2. The molecule has 208 valence electrons. The Morgan fingerprint density at radius 3 is 2.45 bits per heavy atom. The molecule has 1 aliphatic heterocycles. The van der Waals surface area contributed by atoms with Crippen LogP contribution in [0.1, 0.15) is 70.7 Å². The zero-order valence-corrected chi connectivity index (χ0v) is 23.8. The molecule has 0 unspecified atom stereocenters. The molecule has 3 rings (SSSR count). The van der Waals surface area contributed by atoms with E-state index in [1.807, 2.05) is 64.4 Å². The van der Waals surface area contributed by atoms with Crippen molar-refractivity contribution in [2.24, 2.45) is 11.1 Å². The topological polar surface area (TPSA) is 138 Å². The van der Waals surface area contributed by atoms with Crippen LogP contribution in [-0.2, 0) is 14.4 Å². The van der Waals surface area contributed by atoms with Gasteiger partial charge in [-0.1, -0.05) is 45.0 Å². The van der Waals surface area contributed by atoms with Gasteiger partial charge in [-0.15, -0.1) is 11.3 Å². The molecule has 10 heteroatoms. The van der Waals surface area contributed by atoms with Gasteiger partial charge in [0, 0.05) is 19.4 Å². The summed E-state index contributed by atoms with van der Waals surface area (Å²) in [5, 5.41) is 16.3. The fourth-order valence-corrected chi connectivity index (χ4v) is 5.49. The van der Waals surface area contributed by atoms with Gasteiger partial charge in [0.15, 0.2) is 0 Å². The normalized spacial score (nSPS) is 19.2. The highest BCUT2D eigenvalue weighted by Crippen LogP contribution is 2.29. The monoisotopic (exact) mass is 543 g/mol. The molecule has 3 amide bonds. The van der Waals surface area contributed by atoms with Gasteiger partial charge < -0.3 is 26.4 Å². The Morgan fingerprint density at radius 2 is 1.87 bits per heavy atom. The fourth-order valence-electron chi connectivity index (χ4n) is 4.68. The average molecular weight is 544 g/mol. The van der Waals surface area contributed by atoms with E-state index in [9.17, 15) is 19.5 Å². The lowest BCUT2D eigenvalue weighted by molar-refractivity contribution is -0.144. The molecule has 1 fully saturated rings. The number of nitrogens with two attached hydrogens (primary N) is 1. The predicted molar refractivity (Wildman–Crippen MR) is 149 cm³/mol. The lowest BCUT2D eigenvalue weighted by atomic mass is 9.85. The summed E-state index contributed by atoms with van der Waals surface area (Å²) in [7, 11) is 0. The van der Waals surface area contributed by atoms with E-state index in [-0.39, 0.29) is 43.1 Å². The summed E-state index contributed by atoms with van der Waals surface area (Å²) in [5.74, 6) is -0.914. The second kappa shape index (κ2) is 12.8. The van der Waals surface area contributed by atoms with Crippen LogP contribution in [0.15, 0.2) is 29.8 Å². The Labute approximate surface area is 229 Å². The van der Waals surface area contributed by atoms with Gasteiger partial charge in [0.1, 0.15) is 12.1 Å². The second-order valence-corrected chi connectivity index (χ2v) is 12.0. The van der Waals surface area contributed by atoms with Crippen LogP contribution >= 0.6 is 11.3 Å². The third-order valence-corrected chi connectivity index (χ3v) is 7.90. The van der Waals surface area contributed by atoms with E-state index in [2.05, 4.69) is 15.6 Å². The van der Waals surface area contributed by atoms with E-state index < -0.39 is 23.6 Å². The fraction of sp³-hybridized carbons (Fsp3) is 0.571. The number of aryl methyl sites for hydroxylation is 1. The Morgan fingerprint density at radius 1 is 1.18 bits per heavy atom. The number of aromatic nitrogens is 1. The highest BCUT2D eigenvalue weighted by molar-refractivity contribution is 7.13. The SMILES string of the molecule is Cc1ncsc1-c1ccc([C@H](C)NC(=O)[C@@H]2C[C@H](O)CN2C(=O)[C@@H](NC(=O)CCCCN)C(C)(C)C)cc1. The Hall–Kier alpha value is -2.82. The number of nitrogens with zero attached hydrogens (tertiary/aromatic N) is 2. The number of likely N-dealkylation sites (tertiary alicyclic amines) is 1. The molecule has 38 heavy (non-hydrogen) atoms. The minimum atomic E-state index is -0.825. The summed E-state index contributed by atoms with van der Waals surface area (Å²) in [6, 6.07) is 6.03. The molecule has 2 heterocycles. The number of nitrogens with one attached hydrogen (secondary N) is 2. The number of β-amino-alcohol motifs (C(OH)–C–C–N with tert-alkyl or cyclic N) is 1. The van der Waals surface area contributed by atoms with Crippen molar-refractivity contribution in [1.82, 2.24) is 20.5 Å². The first kappa shape index (κ1) is 29.7. The van der Waals surface area contributed by atoms with Crippen LogP contribution in [0.3, 0.4) is 0 Å². The molecular weight excluding hydrogens is 502 g/mol. The van der Waals surface area contributed by atoms with Crippen molar-refractivity contribution in [3.8, 4) is 10.4 Å². The number of hydrogen-bond acceptors (Lipinski definition) is 7. The van der Waals surface area contributed by atoms with E-state index >= 15 is 0 Å². The quantitative estimate of drug-likeness (QED) is 0.340. The molecule has 4 atom stereocenters. The molecule has 0 saturated carbocycles. The van der Waals surface area contributed by atoms with E-state index in [1.54, 1.807) is 11.3 Å². The molecule has 0 radical (unpaired) electrons. The largest absolute Gasteiger partial charge is 0.391 e. The lowest BCUT2D eigenvalue weighted by Gasteiger charge is -2.35. The molecule has 1 aliphatic rings. The maximum Gasteiger partial charge on any atom is 0.246 e. The average Bonchev–Trinajstić information content (AvgIpc) is 3.47. The molecule has 2 aromatic rings. The van der Waals surface area contributed by atoms with Crippen LogP contribution in [0.2, 0.25) is 0 Å². The van der Waals surface area contributed by atoms with Gasteiger partial charge in [0.05, 0.1) is 28.2 Å². The number of thiazole rings is 1. The summed E-state index contributed by atoms with van der Waals surface area (Å²) in [6.45, 7) is 10.0. The van der Waals surface area contributed by atoms with Gasteiger partial charge in [-0.05, 0) is 49.8 Å². The highest BCUT2D eigenvalue weighted by Gasteiger charge is 2.44. The van der Waals surface area contributed by atoms with Crippen LogP contribution in [0.5, 0.6) is 0 Å². The van der Waals surface area contributed by atoms with E-state index in [0.29, 0.717) is 13.0 Å². The minimum Gasteiger partial charge on any atom is -0.391 e. The molecule has 0 spiro atoms. The zero-order valence-electron chi connectivity index (χ0n) is 23.0. The van der Waals surface area contributed by atoms with E-state index in [4.69, 9.17) is 5.73 Å². The van der Waals surface area contributed by atoms with Crippen LogP contribution in [0, 0.1) is 12.3 Å².